The summed E-state index contributed by atoms with van der Waals surface area (Å²) in [6.45, 7) is 7.60. The van der Waals surface area contributed by atoms with Crippen LogP contribution in [0.4, 0.5) is 5.69 Å². The number of H-pyrrole nitrogens is 1. The highest BCUT2D eigenvalue weighted by Crippen LogP contribution is 2.12. The molecule has 0 saturated heterocycles. The van der Waals surface area contributed by atoms with Gasteiger partial charge in [0.15, 0.2) is 6.29 Å². The van der Waals surface area contributed by atoms with Gasteiger partial charge in [0.1, 0.15) is 11.4 Å². The summed E-state index contributed by atoms with van der Waals surface area (Å²) in [5, 5.41) is 11.2. The molecule has 0 aromatic carbocycles. The van der Waals surface area contributed by atoms with E-state index < -0.39 is 0 Å². The van der Waals surface area contributed by atoms with Gasteiger partial charge in [-0.15, -0.1) is 9.78 Å². The molecule has 116 valence electrons. The second-order valence-corrected chi connectivity index (χ2v) is 4.67. The van der Waals surface area contributed by atoms with Crippen LogP contribution in [0.15, 0.2) is 18.6 Å². The van der Waals surface area contributed by atoms with E-state index >= 15 is 0 Å². The average Bonchev–Trinajstić information content (AvgIpc) is 3.08. The third-order valence-electron chi connectivity index (χ3n) is 3.19. The molecule has 0 aliphatic carbocycles. The molecule has 8 nitrogen and oxygen atoms in total. The molecule has 2 aromatic rings. The molecule has 0 radical (unpaired) electrons. The SMILES string of the molecule is CCOC(Cn1nncc1C(C)[n+]1cc(N)c[nH]1)OCC. The lowest BCUT2D eigenvalue weighted by atomic mass is 10.2. The lowest BCUT2D eigenvalue weighted by molar-refractivity contribution is -0.762. The zero-order chi connectivity index (χ0) is 15.2. The van der Waals surface area contributed by atoms with Crippen molar-refractivity contribution in [2.45, 2.75) is 39.6 Å². The van der Waals surface area contributed by atoms with Crippen LogP contribution in [-0.4, -0.2) is 39.6 Å². The third kappa shape index (κ3) is 3.79. The number of nitrogens with one attached hydrogen (secondary N) is 1. The lowest BCUT2D eigenvalue weighted by Gasteiger charge is -2.17. The molecule has 0 fully saturated rings. The number of rotatable bonds is 8. The summed E-state index contributed by atoms with van der Waals surface area (Å²) >= 11 is 0. The number of aromatic amines is 1. The first-order chi connectivity index (χ1) is 10.2. The molecule has 0 saturated carbocycles. The molecule has 3 N–H and O–H groups in total. The Balaban J connectivity index is 2.13. The quantitative estimate of drug-likeness (QED) is 0.546. The second-order valence-electron chi connectivity index (χ2n) is 4.67. The summed E-state index contributed by atoms with van der Waals surface area (Å²) in [4.78, 5) is 0. The van der Waals surface area contributed by atoms with Crippen molar-refractivity contribution < 1.29 is 14.2 Å². The molecule has 2 aromatic heterocycles. The molecule has 0 spiro atoms. The first-order valence-electron chi connectivity index (χ1n) is 7.12. The Morgan fingerprint density at radius 2 is 2.10 bits per heavy atom. The normalized spacial score (nSPS) is 13.0. The lowest BCUT2D eigenvalue weighted by Crippen LogP contribution is -2.41. The Hall–Kier alpha value is -1.93. The first-order valence-corrected chi connectivity index (χ1v) is 7.12. The van der Waals surface area contributed by atoms with Crippen molar-refractivity contribution in [3.63, 3.8) is 0 Å². The largest absolute Gasteiger partial charge is 0.392 e. The highest BCUT2D eigenvalue weighted by molar-refractivity contribution is 5.27. The van der Waals surface area contributed by atoms with E-state index in [4.69, 9.17) is 15.2 Å². The van der Waals surface area contributed by atoms with E-state index in [0.29, 0.717) is 25.4 Å². The van der Waals surface area contributed by atoms with Crippen molar-refractivity contribution in [1.29, 1.82) is 0 Å². The van der Waals surface area contributed by atoms with Gasteiger partial charge in [0.05, 0.1) is 18.9 Å². The van der Waals surface area contributed by atoms with E-state index in [1.807, 2.05) is 31.6 Å². The number of aromatic nitrogens is 5. The van der Waals surface area contributed by atoms with Gasteiger partial charge in [-0.05, 0) is 13.8 Å². The Morgan fingerprint density at radius 3 is 2.67 bits per heavy atom. The van der Waals surface area contributed by atoms with Crippen molar-refractivity contribution in [1.82, 2.24) is 20.1 Å². The van der Waals surface area contributed by atoms with Crippen molar-refractivity contribution in [2.24, 2.45) is 0 Å². The zero-order valence-electron chi connectivity index (χ0n) is 12.7. The minimum absolute atomic E-state index is 0.0289. The fraction of sp³-hybridized carbons (Fsp3) is 0.615. The standard InChI is InChI=1S/C13H22N6O2/c1-4-20-13(21-5-2)9-19-12(7-15-17-19)10(3)18-8-11(14)6-16-18/h6-8,10,13H,4-5,9,14H2,1-3H3/p+1. The number of nitrogens with two attached hydrogens (primary N) is 1. The molecular weight excluding hydrogens is 272 g/mol. The molecule has 2 heterocycles. The van der Waals surface area contributed by atoms with Crippen LogP contribution in [-0.2, 0) is 16.0 Å². The number of hydrogen-bond acceptors (Lipinski definition) is 5. The van der Waals surface area contributed by atoms with Crippen LogP contribution in [0.3, 0.4) is 0 Å². The van der Waals surface area contributed by atoms with Crippen LogP contribution in [0.1, 0.15) is 32.5 Å². The van der Waals surface area contributed by atoms with Crippen LogP contribution in [0.2, 0.25) is 0 Å². The summed E-state index contributed by atoms with van der Waals surface area (Å²) in [6, 6.07) is 0.0289. The van der Waals surface area contributed by atoms with Gasteiger partial charge >= 0.3 is 0 Å². The maximum Gasteiger partial charge on any atom is 0.222 e. The number of anilines is 1. The van der Waals surface area contributed by atoms with Crippen molar-refractivity contribution in [3.8, 4) is 0 Å². The van der Waals surface area contributed by atoms with E-state index in [1.54, 1.807) is 17.1 Å². The Kier molecular flexibility index (Phi) is 5.29. The highest BCUT2D eigenvalue weighted by atomic mass is 16.7. The molecule has 0 aliphatic heterocycles. The van der Waals surface area contributed by atoms with Gasteiger partial charge in [0, 0.05) is 20.1 Å². The van der Waals surface area contributed by atoms with Crippen molar-refractivity contribution in [3.05, 3.63) is 24.3 Å². The summed E-state index contributed by atoms with van der Waals surface area (Å²) < 4.78 is 14.8. The molecule has 8 heteroatoms. The summed E-state index contributed by atoms with van der Waals surface area (Å²) in [5.74, 6) is 0. The summed E-state index contributed by atoms with van der Waals surface area (Å²) in [7, 11) is 0. The van der Waals surface area contributed by atoms with E-state index in [2.05, 4.69) is 15.4 Å². The van der Waals surface area contributed by atoms with Gasteiger partial charge in [-0.2, -0.15) is 5.10 Å². The van der Waals surface area contributed by atoms with E-state index in [1.165, 1.54) is 0 Å². The smallest absolute Gasteiger partial charge is 0.222 e. The van der Waals surface area contributed by atoms with Gasteiger partial charge < -0.3 is 15.2 Å². The van der Waals surface area contributed by atoms with Crippen molar-refractivity contribution in [2.75, 3.05) is 18.9 Å². The van der Waals surface area contributed by atoms with Crippen LogP contribution in [0, 0.1) is 0 Å². The second kappa shape index (κ2) is 7.19. The molecule has 1 atom stereocenters. The molecule has 0 amide bonds. The summed E-state index contributed by atoms with van der Waals surface area (Å²) in [5.41, 5.74) is 7.37. The van der Waals surface area contributed by atoms with Crippen molar-refractivity contribution >= 4 is 5.69 Å². The summed E-state index contributed by atoms with van der Waals surface area (Å²) in [6.07, 6.45) is 4.99. The van der Waals surface area contributed by atoms with Gasteiger partial charge in [-0.25, -0.2) is 4.68 Å². The molecular formula is C13H23N6O2+. The van der Waals surface area contributed by atoms with Gasteiger partial charge in [-0.3, -0.25) is 0 Å². The predicted octanol–water partition coefficient (Wildman–Crippen LogP) is 0.484. The maximum absolute atomic E-state index is 5.74. The highest BCUT2D eigenvalue weighted by Gasteiger charge is 2.24. The fourth-order valence-corrected chi connectivity index (χ4v) is 2.15. The van der Waals surface area contributed by atoms with Crippen LogP contribution in [0.5, 0.6) is 0 Å². The van der Waals surface area contributed by atoms with Gasteiger partial charge in [0.25, 0.3) is 0 Å². The molecule has 1 unspecified atom stereocenters. The van der Waals surface area contributed by atoms with Crippen LogP contribution < -0.4 is 10.4 Å². The van der Waals surface area contributed by atoms with E-state index in [0.717, 1.165) is 5.69 Å². The number of hydrogen-bond donors (Lipinski definition) is 2. The number of ether oxygens (including phenoxy) is 2. The fourth-order valence-electron chi connectivity index (χ4n) is 2.15. The Labute approximate surface area is 123 Å². The Bertz CT molecular complexity index is 546. The number of nitrogens with zero attached hydrogens (tertiary/aromatic N) is 4. The van der Waals surface area contributed by atoms with Crippen LogP contribution >= 0.6 is 0 Å². The minimum Gasteiger partial charge on any atom is -0.392 e. The van der Waals surface area contributed by atoms with Gasteiger partial charge in [-0.1, -0.05) is 5.21 Å². The van der Waals surface area contributed by atoms with Crippen LogP contribution in [0.25, 0.3) is 0 Å². The first kappa shape index (κ1) is 15.5. The molecule has 0 bridgehead atoms. The predicted molar refractivity (Wildman–Crippen MR) is 76.3 cm³/mol. The third-order valence-corrected chi connectivity index (χ3v) is 3.19. The molecule has 0 aliphatic rings. The monoisotopic (exact) mass is 295 g/mol. The Morgan fingerprint density at radius 1 is 1.38 bits per heavy atom. The maximum atomic E-state index is 5.74. The zero-order valence-corrected chi connectivity index (χ0v) is 12.7. The topological polar surface area (TPSA) is 94.9 Å². The van der Waals surface area contributed by atoms with E-state index in [-0.39, 0.29) is 12.3 Å². The minimum atomic E-state index is -0.327. The number of nitrogen functional groups attached to an aromatic ring is 1. The van der Waals surface area contributed by atoms with E-state index in [9.17, 15) is 0 Å². The molecule has 2 rings (SSSR count). The average molecular weight is 295 g/mol. The molecule has 21 heavy (non-hydrogen) atoms. The van der Waals surface area contributed by atoms with Gasteiger partial charge in [0.2, 0.25) is 12.2 Å².